The SMILES string of the molecule is CCCNCCCCCOCC(F)(F)F. The van der Waals surface area contributed by atoms with Gasteiger partial charge < -0.3 is 10.1 Å². The van der Waals surface area contributed by atoms with Crippen molar-refractivity contribution < 1.29 is 17.9 Å². The third-order valence-corrected chi connectivity index (χ3v) is 1.83. The van der Waals surface area contributed by atoms with Gasteiger partial charge >= 0.3 is 6.18 Å². The lowest BCUT2D eigenvalue weighted by atomic mass is 10.2. The van der Waals surface area contributed by atoms with Crippen LogP contribution in [0.15, 0.2) is 0 Å². The summed E-state index contributed by atoms with van der Waals surface area (Å²) in [6.45, 7) is 3.12. The summed E-state index contributed by atoms with van der Waals surface area (Å²) in [6.07, 6.45) is -0.481. The standard InChI is InChI=1S/C10H20F3NO/c1-2-6-14-7-4-3-5-8-15-9-10(11,12)13/h14H,2-9H2,1H3. The Labute approximate surface area is 89.2 Å². The van der Waals surface area contributed by atoms with Crippen LogP contribution in [0.5, 0.6) is 0 Å². The molecular weight excluding hydrogens is 207 g/mol. The monoisotopic (exact) mass is 227 g/mol. The molecule has 0 rings (SSSR count). The number of halogens is 3. The fourth-order valence-corrected chi connectivity index (χ4v) is 1.12. The number of rotatable bonds is 9. The molecule has 0 unspecified atom stereocenters. The second-order valence-electron chi connectivity index (χ2n) is 3.48. The van der Waals surface area contributed by atoms with E-state index in [0.717, 1.165) is 32.4 Å². The average Bonchev–Trinajstić information content (AvgIpc) is 2.14. The molecule has 0 aromatic carbocycles. The fourth-order valence-electron chi connectivity index (χ4n) is 1.12. The molecule has 2 nitrogen and oxygen atoms in total. The van der Waals surface area contributed by atoms with Crippen molar-refractivity contribution in [2.75, 3.05) is 26.3 Å². The quantitative estimate of drug-likeness (QED) is 0.611. The third kappa shape index (κ3) is 13.7. The number of alkyl halides is 3. The zero-order chi connectivity index (χ0) is 11.6. The highest BCUT2D eigenvalue weighted by Crippen LogP contribution is 2.14. The Hall–Kier alpha value is -0.290. The summed E-state index contributed by atoms with van der Waals surface area (Å²) in [7, 11) is 0. The van der Waals surface area contributed by atoms with Gasteiger partial charge in [0, 0.05) is 6.61 Å². The van der Waals surface area contributed by atoms with Crippen LogP contribution in [0.2, 0.25) is 0 Å². The summed E-state index contributed by atoms with van der Waals surface area (Å²) in [5, 5.41) is 3.23. The second kappa shape index (κ2) is 8.97. The maximum atomic E-state index is 11.6. The van der Waals surface area contributed by atoms with Crippen LogP contribution in [0, 0.1) is 0 Å². The number of unbranched alkanes of at least 4 members (excludes halogenated alkanes) is 2. The Morgan fingerprint density at radius 1 is 1.07 bits per heavy atom. The number of ether oxygens (including phenoxy) is 1. The predicted molar refractivity (Wildman–Crippen MR) is 53.9 cm³/mol. The normalized spacial score (nSPS) is 12.0. The molecule has 0 heterocycles. The lowest BCUT2D eigenvalue weighted by Gasteiger charge is -2.07. The zero-order valence-electron chi connectivity index (χ0n) is 9.20. The third-order valence-electron chi connectivity index (χ3n) is 1.83. The Morgan fingerprint density at radius 3 is 2.40 bits per heavy atom. The summed E-state index contributed by atoms with van der Waals surface area (Å²) in [5.74, 6) is 0. The largest absolute Gasteiger partial charge is 0.411 e. The van der Waals surface area contributed by atoms with Crippen molar-refractivity contribution in [2.24, 2.45) is 0 Å². The Bertz CT molecular complexity index is 139. The molecule has 0 atom stereocenters. The van der Waals surface area contributed by atoms with Gasteiger partial charge in [0.15, 0.2) is 0 Å². The van der Waals surface area contributed by atoms with E-state index >= 15 is 0 Å². The highest BCUT2D eigenvalue weighted by Gasteiger charge is 2.26. The maximum Gasteiger partial charge on any atom is 0.411 e. The van der Waals surface area contributed by atoms with Crippen LogP contribution in [0.1, 0.15) is 32.6 Å². The first kappa shape index (κ1) is 14.7. The van der Waals surface area contributed by atoms with Gasteiger partial charge in [0.1, 0.15) is 6.61 Å². The van der Waals surface area contributed by atoms with E-state index in [9.17, 15) is 13.2 Å². The minimum absolute atomic E-state index is 0.202. The molecule has 0 fully saturated rings. The van der Waals surface area contributed by atoms with E-state index in [1.807, 2.05) is 0 Å². The first-order valence-electron chi connectivity index (χ1n) is 5.41. The first-order chi connectivity index (χ1) is 7.06. The highest BCUT2D eigenvalue weighted by atomic mass is 19.4. The summed E-state index contributed by atoms with van der Waals surface area (Å²) in [6, 6.07) is 0. The van der Waals surface area contributed by atoms with Crippen LogP contribution in [0.3, 0.4) is 0 Å². The minimum atomic E-state index is -4.19. The van der Waals surface area contributed by atoms with Crippen LogP contribution in [0.4, 0.5) is 13.2 Å². The lowest BCUT2D eigenvalue weighted by molar-refractivity contribution is -0.174. The molecular formula is C10H20F3NO. The molecule has 0 radical (unpaired) electrons. The highest BCUT2D eigenvalue weighted by molar-refractivity contribution is 4.49. The van der Waals surface area contributed by atoms with Crippen LogP contribution in [0.25, 0.3) is 0 Å². The number of nitrogens with one attached hydrogen (secondary N) is 1. The molecule has 0 amide bonds. The van der Waals surface area contributed by atoms with E-state index in [1.54, 1.807) is 0 Å². The lowest BCUT2D eigenvalue weighted by Crippen LogP contribution is -2.18. The summed E-state index contributed by atoms with van der Waals surface area (Å²) in [4.78, 5) is 0. The molecule has 15 heavy (non-hydrogen) atoms. The number of hydrogen-bond donors (Lipinski definition) is 1. The Kier molecular flexibility index (Phi) is 8.80. The van der Waals surface area contributed by atoms with E-state index in [-0.39, 0.29) is 6.61 Å². The summed E-state index contributed by atoms with van der Waals surface area (Å²) < 4.78 is 39.4. The topological polar surface area (TPSA) is 21.3 Å². The van der Waals surface area contributed by atoms with Crippen molar-refractivity contribution in [3.63, 3.8) is 0 Å². The molecule has 0 aromatic rings. The van der Waals surface area contributed by atoms with E-state index < -0.39 is 12.8 Å². The molecule has 0 saturated heterocycles. The van der Waals surface area contributed by atoms with Gasteiger partial charge in [-0.25, -0.2) is 0 Å². The fraction of sp³-hybridized carbons (Fsp3) is 1.00. The molecule has 0 aromatic heterocycles. The van der Waals surface area contributed by atoms with Gasteiger partial charge in [0.05, 0.1) is 0 Å². The van der Waals surface area contributed by atoms with Crippen LogP contribution in [-0.2, 0) is 4.74 Å². The Morgan fingerprint density at radius 2 is 1.80 bits per heavy atom. The van der Waals surface area contributed by atoms with Crippen LogP contribution in [-0.4, -0.2) is 32.5 Å². The van der Waals surface area contributed by atoms with Gasteiger partial charge in [-0.1, -0.05) is 6.92 Å². The van der Waals surface area contributed by atoms with E-state index in [4.69, 9.17) is 0 Å². The van der Waals surface area contributed by atoms with Crippen molar-refractivity contribution in [2.45, 2.75) is 38.8 Å². The van der Waals surface area contributed by atoms with Crippen molar-refractivity contribution in [3.8, 4) is 0 Å². The van der Waals surface area contributed by atoms with Crippen molar-refractivity contribution in [3.05, 3.63) is 0 Å². The molecule has 0 aliphatic carbocycles. The van der Waals surface area contributed by atoms with Gasteiger partial charge in [-0.05, 0) is 38.8 Å². The molecule has 0 aliphatic rings. The van der Waals surface area contributed by atoms with E-state index in [0.29, 0.717) is 6.42 Å². The van der Waals surface area contributed by atoms with Crippen LogP contribution < -0.4 is 5.32 Å². The summed E-state index contributed by atoms with van der Waals surface area (Å²) >= 11 is 0. The van der Waals surface area contributed by atoms with Gasteiger partial charge in [-0.15, -0.1) is 0 Å². The number of hydrogen-bond acceptors (Lipinski definition) is 2. The van der Waals surface area contributed by atoms with Gasteiger partial charge in [0.25, 0.3) is 0 Å². The van der Waals surface area contributed by atoms with E-state index in [1.165, 1.54) is 0 Å². The van der Waals surface area contributed by atoms with E-state index in [2.05, 4.69) is 17.0 Å². The molecule has 0 bridgehead atoms. The average molecular weight is 227 g/mol. The maximum absolute atomic E-state index is 11.6. The first-order valence-corrected chi connectivity index (χ1v) is 5.41. The van der Waals surface area contributed by atoms with Crippen molar-refractivity contribution >= 4 is 0 Å². The van der Waals surface area contributed by atoms with Crippen molar-refractivity contribution in [1.82, 2.24) is 5.32 Å². The molecule has 0 saturated carbocycles. The Balaban J connectivity index is 2.99. The molecule has 0 aliphatic heterocycles. The molecule has 1 N–H and O–H groups in total. The minimum Gasteiger partial charge on any atom is -0.372 e. The summed E-state index contributed by atoms with van der Waals surface area (Å²) in [5.41, 5.74) is 0. The smallest absolute Gasteiger partial charge is 0.372 e. The molecule has 5 heteroatoms. The predicted octanol–water partition coefficient (Wildman–Crippen LogP) is 2.74. The second-order valence-corrected chi connectivity index (χ2v) is 3.48. The molecule has 0 spiro atoms. The van der Waals surface area contributed by atoms with Gasteiger partial charge in [-0.2, -0.15) is 13.2 Å². The van der Waals surface area contributed by atoms with Crippen LogP contribution >= 0.6 is 0 Å². The van der Waals surface area contributed by atoms with Gasteiger partial charge in [0.2, 0.25) is 0 Å². The zero-order valence-corrected chi connectivity index (χ0v) is 9.20. The molecule has 92 valence electrons. The van der Waals surface area contributed by atoms with Crippen molar-refractivity contribution in [1.29, 1.82) is 0 Å². The van der Waals surface area contributed by atoms with Gasteiger partial charge in [-0.3, -0.25) is 0 Å².